The number of aromatic nitrogens is 2. The third-order valence-electron chi connectivity index (χ3n) is 4.01. The number of hydrogen-bond acceptors (Lipinski definition) is 5. The highest BCUT2D eigenvalue weighted by Crippen LogP contribution is 2.29. The normalized spacial score (nSPS) is 12.0. The summed E-state index contributed by atoms with van der Waals surface area (Å²) in [4.78, 5) is 17.5. The van der Waals surface area contributed by atoms with Crippen LogP contribution in [0.4, 0.5) is 0 Å². The molecule has 3 rings (SSSR count). The topological polar surface area (TPSA) is 70.4 Å². The fraction of sp³-hybridized carbons (Fsp3) is 0.238. The number of ether oxygens (including phenoxy) is 2. The van der Waals surface area contributed by atoms with E-state index in [0.717, 1.165) is 0 Å². The number of halogens is 1. The molecule has 152 valence electrons. The molecule has 29 heavy (non-hydrogen) atoms. The monoisotopic (exact) mass is 432 g/mol. The Bertz CT molecular complexity index is 1080. The van der Waals surface area contributed by atoms with Gasteiger partial charge in [0.2, 0.25) is 0 Å². The number of benzene rings is 2. The van der Waals surface area contributed by atoms with Crippen LogP contribution in [0, 0.1) is 5.92 Å². The lowest BCUT2D eigenvalue weighted by atomic mass is 10.2. The zero-order valence-electron chi connectivity index (χ0n) is 16.3. The van der Waals surface area contributed by atoms with Crippen LogP contribution in [0.3, 0.4) is 0 Å². The third-order valence-corrected chi connectivity index (χ3v) is 5.59. The van der Waals surface area contributed by atoms with E-state index in [1.54, 1.807) is 42.5 Å². The standard InChI is InChI=1S/C21H21ClN2O4S/c1-14(2)13-28-18-9-6-16(12-19(18)27-3)24-11-10-23-20(21(24)25)29(26)17-7-4-15(22)5-8-17/h4-12,14H,13H2,1-3H3. The van der Waals surface area contributed by atoms with E-state index in [1.165, 1.54) is 24.1 Å². The van der Waals surface area contributed by atoms with E-state index >= 15 is 0 Å². The van der Waals surface area contributed by atoms with Crippen LogP contribution in [-0.2, 0) is 10.8 Å². The lowest BCUT2D eigenvalue weighted by molar-refractivity contribution is 0.257. The summed E-state index contributed by atoms with van der Waals surface area (Å²) < 4.78 is 25.4. The molecule has 0 spiro atoms. The smallest absolute Gasteiger partial charge is 0.290 e. The maximum atomic E-state index is 13.0. The molecule has 0 N–H and O–H groups in total. The van der Waals surface area contributed by atoms with Crippen molar-refractivity contribution in [3.8, 4) is 17.2 Å². The molecule has 0 aliphatic heterocycles. The van der Waals surface area contributed by atoms with Gasteiger partial charge in [0.1, 0.15) is 10.8 Å². The molecule has 6 nitrogen and oxygen atoms in total. The highest BCUT2D eigenvalue weighted by atomic mass is 35.5. The highest BCUT2D eigenvalue weighted by molar-refractivity contribution is 7.85. The Morgan fingerprint density at radius 1 is 1.14 bits per heavy atom. The van der Waals surface area contributed by atoms with Crippen molar-refractivity contribution >= 4 is 22.4 Å². The van der Waals surface area contributed by atoms with Crippen LogP contribution in [0.15, 0.2) is 69.6 Å². The summed E-state index contributed by atoms with van der Waals surface area (Å²) in [6.07, 6.45) is 2.97. The van der Waals surface area contributed by atoms with E-state index < -0.39 is 16.4 Å². The molecule has 1 heterocycles. The van der Waals surface area contributed by atoms with Crippen molar-refractivity contribution in [1.29, 1.82) is 0 Å². The molecule has 0 aliphatic rings. The molecule has 2 aromatic carbocycles. The van der Waals surface area contributed by atoms with Crippen molar-refractivity contribution < 1.29 is 13.7 Å². The summed E-state index contributed by atoms with van der Waals surface area (Å²) in [5, 5.41) is 0.463. The van der Waals surface area contributed by atoms with E-state index in [0.29, 0.717) is 39.6 Å². The number of rotatable bonds is 7. The molecule has 3 aromatic rings. The molecule has 0 radical (unpaired) electrons. The summed E-state index contributed by atoms with van der Waals surface area (Å²) in [6, 6.07) is 11.7. The lowest BCUT2D eigenvalue weighted by Crippen LogP contribution is -2.24. The average Bonchev–Trinajstić information content (AvgIpc) is 2.72. The molecule has 1 aromatic heterocycles. The largest absolute Gasteiger partial charge is 0.493 e. The quantitative estimate of drug-likeness (QED) is 0.562. The van der Waals surface area contributed by atoms with E-state index in [-0.39, 0.29) is 5.03 Å². The Kier molecular flexibility index (Phi) is 6.71. The number of nitrogens with zero attached hydrogens (tertiary/aromatic N) is 2. The maximum Gasteiger partial charge on any atom is 0.290 e. The summed E-state index contributed by atoms with van der Waals surface area (Å²) in [5.74, 6) is 1.47. The lowest BCUT2D eigenvalue weighted by Gasteiger charge is -2.14. The predicted molar refractivity (Wildman–Crippen MR) is 113 cm³/mol. The molecule has 0 aliphatic carbocycles. The summed E-state index contributed by atoms with van der Waals surface area (Å²) in [6.45, 7) is 4.66. The second-order valence-electron chi connectivity index (χ2n) is 6.67. The molecular weight excluding hydrogens is 412 g/mol. The van der Waals surface area contributed by atoms with Crippen LogP contribution in [0.5, 0.6) is 11.5 Å². The predicted octanol–water partition coefficient (Wildman–Crippen LogP) is 4.10. The average molecular weight is 433 g/mol. The van der Waals surface area contributed by atoms with Crippen LogP contribution in [0.25, 0.3) is 5.69 Å². The molecule has 0 amide bonds. The van der Waals surface area contributed by atoms with Gasteiger partial charge in [-0.15, -0.1) is 0 Å². The summed E-state index contributed by atoms with van der Waals surface area (Å²) >= 11 is 5.88. The van der Waals surface area contributed by atoms with Gasteiger partial charge in [-0.05, 0) is 42.3 Å². The molecular formula is C21H21ClN2O4S. The second kappa shape index (κ2) is 9.24. The van der Waals surface area contributed by atoms with Gasteiger partial charge >= 0.3 is 0 Å². The van der Waals surface area contributed by atoms with Crippen LogP contribution < -0.4 is 15.0 Å². The molecule has 1 atom stereocenters. The SMILES string of the molecule is COc1cc(-n2ccnc(S(=O)c3ccc(Cl)cc3)c2=O)ccc1OCC(C)C. The highest BCUT2D eigenvalue weighted by Gasteiger charge is 2.16. The Balaban J connectivity index is 1.98. The van der Waals surface area contributed by atoms with Crippen molar-refractivity contribution in [3.05, 3.63) is 70.2 Å². The minimum atomic E-state index is -1.73. The molecule has 0 bridgehead atoms. The van der Waals surface area contributed by atoms with Crippen molar-refractivity contribution in [1.82, 2.24) is 9.55 Å². The zero-order chi connectivity index (χ0) is 21.0. The van der Waals surface area contributed by atoms with Gasteiger partial charge in [0.05, 0.1) is 19.4 Å². The van der Waals surface area contributed by atoms with Crippen LogP contribution in [0.2, 0.25) is 5.02 Å². The fourth-order valence-corrected chi connectivity index (χ4v) is 3.72. The Hall–Kier alpha value is -2.64. The minimum absolute atomic E-state index is 0.0612. The maximum absolute atomic E-state index is 13.0. The molecule has 0 saturated carbocycles. The van der Waals surface area contributed by atoms with Gasteiger partial charge in [0, 0.05) is 28.4 Å². The van der Waals surface area contributed by atoms with Gasteiger partial charge in [0.15, 0.2) is 16.5 Å². The Morgan fingerprint density at radius 3 is 2.52 bits per heavy atom. The van der Waals surface area contributed by atoms with Gasteiger partial charge in [-0.1, -0.05) is 25.4 Å². The van der Waals surface area contributed by atoms with E-state index in [4.69, 9.17) is 21.1 Å². The van der Waals surface area contributed by atoms with Gasteiger partial charge in [-0.25, -0.2) is 9.19 Å². The van der Waals surface area contributed by atoms with Crippen molar-refractivity contribution in [3.63, 3.8) is 0 Å². The Labute approximate surface area is 176 Å². The van der Waals surface area contributed by atoms with Gasteiger partial charge < -0.3 is 9.47 Å². The van der Waals surface area contributed by atoms with Gasteiger partial charge in [-0.3, -0.25) is 9.36 Å². The van der Waals surface area contributed by atoms with E-state index in [1.807, 2.05) is 0 Å². The van der Waals surface area contributed by atoms with Gasteiger partial charge in [0.25, 0.3) is 5.56 Å². The summed E-state index contributed by atoms with van der Waals surface area (Å²) in [7, 11) is -0.190. The van der Waals surface area contributed by atoms with Crippen LogP contribution in [-0.4, -0.2) is 27.5 Å². The van der Waals surface area contributed by atoms with Crippen molar-refractivity contribution in [2.24, 2.45) is 5.92 Å². The molecule has 0 fully saturated rings. The number of hydrogen-bond donors (Lipinski definition) is 0. The second-order valence-corrected chi connectivity index (χ2v) is 8.50. The van der Waals surface area contributed by atoms with Crippen molar-refractivity contribution in [2.75, 3.05) is 13.7 Å². The Morgan fingerprint density at radius 2 is 1.86 bits per heavy atom. The first-order valence-electron chi connectivity index (χ1n) is 8.97. The van der Waals surface area contributed by atoms with E-state index in [2.05, 4.69) is 18.8 Å². The zero-order valence-corrected chi connectivity index (χ0v) is 17.9. The first kappa shape index (κ1) is 21.1. The van der Waals surface area contributed by atoms with Gasteiger partial charge in [-0.2, -0.15) is 0 Å². The first-order chi connectivity index (χ1) is 13.9. The van der Waals surface area contributed by atoms with Crippen LogP contribution >= 0.6 is 11.6 Å². The molecule has 1 unspecified atom stereocenters. The summed E-state index contributed by atoms with van der Waals surface area (Å²) in [5.41, 5.74) is 0.0826. The third kappa shape index (κ3) is 4.86. The molecule has 8 heteroatoms. The van der Waals surface area contributed by atoms with Crippen molar-refractivity contribution in [2.45, 2.75) is 23.8 Å². The van der Waals surface area contributed by atoms with Crippen LogP contribution in [0.1, 0.15) is 13.8 Å². The molecule has 0 saturated heterocycles. The number of methoxy groups -OCH3 is 1. The first-order valence-corrected chi connectivity index (χ1v) is 10.5. The van der Waals surface area contributed by atoms with E-state index in [9.17, 15) is 9.00 Å². The minimum Gasteiger partial charge on any atom is -0.493 e. The fourth-order valence-electron chi connectivity index (χ4n) is 2.58.